The van der Waals surface area contributed by atoms with Gasteiger partial charge in [-0.05, 0) is 40.7 Å². The molecule has 2 rings (SSSR count). The number of hydrogen-bond donors (Lipinski definition) is 0. The Hall–Kier alpha value is -1.30. The van der Waals surface area contributed by atoms with Crippen molar-refractivity contribution in [3.05, 3.63) is 47.5 Å². The van der Waals surface area contributed by atoms with Crippen molar-refractivity contribution in [1.29, 1.82) is 0 Å². The van der Waals surface area contributed by atoms with Crippen LogP contribution in [0.4, 0.5) is 0 Å². The third kappa shape index (κ3) is 1.73. The number of rotatable bonds is 2. The van der Waals surface area contributed by atoms with E-state index in [0.29, 0.717) is 0 Å². The van der Waals surface area contributed by atoms with Crippen molar-refractivity contribution in [3.63, 3.8) is 0 Å². The normalized spacial score (nSPS) is 12.0. The fourth-order valence-corrected chi connectivity index (χ4v) is 2.25. The second kappa shape index (κ2) is 3.93. The molecule has 0 spiro atoms. The van der Waals surface area contributed by atoms with Gasteiger partial charge in [0.15, 0.2) is 0 Å². The summed E-state index contributed by atoms with van der Waals surface area (Å²) in [6, 6.07) is 13.3. The number of aryl methyl sites for hydroxylation is 1. The Morgan fingerprint density at radius 3 is 2.25 bits per heavy atom. The first-order chi connectivity index (χ1) is 7.56. The van der Waals surface area contributed by atoms with Gasteiger partial charge in [-0.25, -0.2) is 0 Å². The van der Waals surface area contributed by atoms with Gasteiger partial charge in [-0.1, -0.05) is 57.2 Å². The van der Waals surface area contributed by atoms with Gasteiger partial charge < -0.3 is 0 Å². The van der Waals surface area contributed by atoms with E-state index in [9.17, 15) is 0 Å². The molecule has 0 heteroatoms. The average Bonchev–Trinajstić information content (AvgIpc) is 2.29. The van der Waals surface area contributed by atoms with E-state index in [0.717, 1.165) is 0 Å². The van der Waals surface area contributed by atoms with Crippen LogP contribution < -0.4 is 0 Å². The Kier molecular flexibility index (Phi) is 2.75. The fraction of sp³-hybridized carbons (Fsp3) is 0.375. The molecule has 0 unspecified atom stereocenters. The van der Waals surface area contributed by atoms with Crippen LogP contribution in [-0.4, -0.2) is 0 Å². The maximum atomic E-state index is 2.32. The predicted octanol–water partition coefficient (Wildman–Crippen LogP) is 4.84. The smallest absolute Gasteiger partial charge is 0.0100 e. The summed E-state index contributed by atoms with van der Waals surface area (Å²) in [5, 5.41) is 2.80. The highest BCUT2D eigenvalue weighted by Gasteiger charge is 2.20. The van der Waals surface area contributed by atoms with Crippen LogP contribution in [0.1, 0.15) is 38.3 Å². The first-order valence-corrected chi connectivity index (χ1v) is 6.05. The minimum atomic E-state index is 0.257. The molecule has 0 aliphatic rings. The summed E-state index contributed by atoms with van der Waals surface area (Å²) in [5.41, 5.74) is 3.09. The van der Waals surface area contributed by atoms with E-state index in [1.807, 2.05) is 0 Å². The molecule has 0 saturated carbocycles. The molecule has 2 aromatic carbocycles. The van der Waals surface area contributed by atoms with Crippen LogP contribution in [-0.2, 0) is 5.41 Å². The van der Waals surface area contributed by atoms with Crippen LogP contribution in [0.5, 0.6) is 0 Å². The summed E-state index contributed by atoms with van der Waals surface area (Å²) in [6.45, 7) is 9.09. The highest BCUT2D eigenvalue weighted by Crippen LogP contribution is 2.33. The van der Waals surface area contributed by atoms with Crippen molar-refractivity contribution in [3.8, 4) is 0 Å². The van der Waals surface area contributed by atoms with Crippen molar-refractivity contribution in [2.24, 2.45) is 0 Å². The minimum absolute atomic E-state index is 0.257. The van der Waals surface area contributed by atoms with Gasteiger partial charge in [-0.3, -0.25) is 0 Å². The van der Waals surface area contributed by atoms with Crippen LogP contribution in [0, 0.1) is 6.92 Å². The zero-order valence-corrected chi connectivity index (χ0v) is 10.7. The number of hydrogen-bond acceptors (Lipinski definition) is 0. The standard InChI is InChI=1S/C16H20/c1-5-16(3,4)15-11-7-9-13-12(2)8-6-10-14(13)15/h6-11H,5H2,1-4H3. The Bertz CT molecular complexity index is 506. The summed E-state index contributed by atoms with van der Waals surface area (Å²) in [6.07, 6.45) is 1.17. The molecule has 84 valence electrons. The molecule has 0 aliphatic heterocycles. The molecule has 0 heterocycles. The summed E-state index contributed by atoms with van der Waals surface area (Å²) >= 11 is 0. The third-order valence-corrected chi connectivity index (χ3v) is 3.75. The Labute approximate surface area is 98.3 Å². The molecule has 0 nitrogen and oxygen atoms in total. The summed E-state index contributed by atoms with van der Waals surface area (Å²) in [7, 11) is 0. The van der Waals surface area contributed by atoms with Crippen LogP contribution in [0.25, 0.3) is 10.8 Å². The van der Waals surface area contributed by atoms with E-state index in [4.69, 9.17) is 0 Å². The van der Waals surface area contributed by atoms with E-state index in [1.165, 1.54) is 28.3 Å². The topological polar surface area (TPSA) is 0 Å². The third-order valence-electron chi connectivity index (χ3n) is 3.75. The molecular formula is C16H20. The van der Waals surface area contributed by atoms with E-state index in [1.54, 1.807) is 0 Å². The lowest BCUT2D eigenvalue weighted by atomic mass is 9.79. The lowest BCUT2D eigenvalue weighted by Gasteiger charge is -2.25. The van der Waals surface area contributed by atoms with E-state index < -0.39 is 0 Å². The second-order valence-corrected chi connectivity index (χ2v) is 5.21. The van der Waals surface area contributed by atoms with Gasteiger partial charge in [-0.15, -0.1) is 0 Å². The van der Waals surface area contributed by atoms with Gasteiger partial charge in [0.1, 0.15) is 0 Å². The Morgan fingerprint density at radius 1 is 0.938 bits per heavy atom. The number of benzene rings is 2. The molecular weight excluding hydrogens is 192 g/mol. The summed E-state index contributed by atoms with van der Waals surface area (Å²) in [4.78, 5) is 0. The van der Waals surface area contributed by atoms with Crippen molar-refractivity contribution in [2.75, 3.05) is 0 Å². The van der Waals surface area contributed by atoms with Crippen LogP contribution in [0.15, 0.2) is 36.4 Å². The summed E-state index contributed by atoms with van der Waals surface area (Å²) < 4.78 is 0. The summed E-state index contributed by atoms with van der Waals surface area (Å²) in [5.74, 6) is 0. The molecule has 0 atom stereocenters. The lowest BCUT2D eigenvalue weighted by molar-refractivity contribution is 0.510. The molecule has 0 amide bonds. The van der Waals surface area contributed by atoms with Crippen molar-refractivity contribution < 1.29 is 0 Å². The van der Waals surface area contributed by atoms with Gasteiger partial charge in [0.05, 0.1) is 0 Å². The first kappa shape index (κ1) is 11.2. The Morgan fingerprint density at radius 2 is 1.56 bits per heavy atom. The highest BCUT2D eigenvalue weighted by molar-refractivity contribution is 5.89. The molecule has 0 saturated heterocycles. The largest absolute Gasteiger partial charge is 0.0646 e. The van der Waals surface area contributed by atoms with Gasteiger partial charge in [0.2, 0.25) is 0 Å². The molecule has 0 aliphatic carbocycles. The van der Waals surface area contributed by atoms with Crippen molar-refractivity contribution >= 4 is 10.8 Å². The van der Waals surface area contributed by atoms with Crippen LogP contribution in [0.2, 0.25) is 0 Å². The molecule has 0 aromatic heterocycles. The van der Waals surface area contributed by atoms with Crippen LogP contribution in [0.3, 0.4) is 0 Å². The van der Waals surface area contributed by atoms with Gasteiger partial charge in [-0.2, -0.15) is 0 Å². The highest BCUT2D eigenvalue weighted by atomic mass is 14.2. The molecule has 0 fully saturated rings. The predicted molar refractivity (Wildman–Crippen MR) is 72.0 cm³/mol. The molecule has 0 radical (unpaired) electrons. The van der Waals surface area contributed by atoms with E-state index in [-0.39, 0.29) is 5.41 Å². The average molecular weight is 212 g/mol. The van der Waals surface area contributed by atoms with Crippen LogP contribution >= 0.6 is 0 Å². The molecule has 2 aromatic rings. The molecule has 0 N–H and O–H groups in total. The van der Waals surface area contributed by atoms with Crippen molar-refractivity contribution in [2.45, 2.75) is 39.5 Å². The van der Waals surface area contributed by atoms with Gasteiger partial charge >= 0.3 is 0 Å². The molecule has 0 bridgehead atoms. The SMILES string of the molecule is CCC(C)(C)c1cccc2c(C)cccc12. The Balaban J connectivity index is 2.77. The zero-order valence-electron chi connectivity index (χ0n) is 10.7. The maximum Gasteiger partial charge on any atom is -0.0100 e. The van der Waals surface area contributed by atoms with E-state index in [2.05, 4.69) is 64.1 Å². The van der Waals surface area contributed by atoms with Gasteiger partial charge in [0.25, 0.3) is 0 Å². The second-order valence-electron chi connectivity index (χ2n) is 5.21. The number of fused-ring (bicyclic) bond motifs is 1. The molecule has 16 heavy (non-hydrogen) atoms. The monoisotopic (exact) mass is 212 g/mol. The van der Waals surface area contributed by atoms with Gasteiger partial charge in [0, 0.05) is 0 Å². The zero-order chi connectivity index (χ0) is 11.8. The van der Waals surface area contributed by atoms with E-state index >= 15 is 0 Å². The fourth-order valence-electron chi connectivity index (χ4n) is 2.25. The minimum Gasteiger partial charge on any atom is -0.0646 e. The first-order valence-electron chi connectivity index (χ1n) is 6.05. The quantitative estimate of drug-likeness (QED) is 0.668. The maximum absolute atomic E-state index is 2.32. The van der Waals surface area contributed by atoms with Crippen molar-refractivity contribution in [1.82, 2.24) is 0 Å². The lowest BCUT2D eigenvalue weighted by Crippen LogP contribution is -2.15.